The molecule has 0 atom stereocenters. The van der Waals surface area contributed by atoms with E-state index in [0.29, 0.717) is 16.1 Å². The van der Waals surface area contributed by atoms with Crippen LogP contribution < -0.4 is 16.6 Å². The average Bonchev–Trinajstić information content (AvgIpc) is 2.17. The lowest BCUT2D eigenvalue weighted by Gasteiger charge is -2.09. The van der Waals surface area contributed by atoms with Crippen LogP contribution in [0.4, 0.5) is 10.1 Å². The molecular weight excluding hydrogens is 251 g/mol. The number of benzene rings is 1. The monoisotopic (exact) mass is 260 g/mol. The second-order valence-electron chi connectivity index (χ2n) is 2.47. The summed E-state index contributed by atoms with van der Waals surface area (Å²) in [6.45, 7) is 0. The van der Waals surface area contributed by atoms with Gasteiger partial charge in [-0.3, -0.25) is 10.4 Å². The first-order chi connectivity index (χ1) is 6.67. The third-order valence-electron chi connectivity index (χ3n) is 1.54. The van der Waals surface area contributed by atoms with Gasteiger partial charge >= 0.3 is 0 Å². The molecule has 0 saturated carbocycles. The Balaban J connectivity index is 2.87. The molecule has 0 fully saturated rings. The van der Waals surface area contributed by atoms with Crippen molar-refractivity contribution in [2.24, 2.45) is 10.8 Å². The fourth-order valence-electron chi connectivity index (χ4n) is 0.875. The first-order valence-corrected chi connectivity index (χ1v) is 4.62. The van der Waals surface area contributed by atoms with Crippen LogP contribution in [0.2, 0.25) is 0 Å². The van der Waals surface area contributed by atoms with Gasteiger partial charge in [-0.2, -0.15) is 0 Å². The first kappa shape index (κ1) is 10.9. The molecule has 6 heteroatoms. The molecule has 0 saturated heterocycles. The Bertz CT molecular complexity index is 353. The van der Waals surface area contributed by atoms with Crippen molar-refractivity contribution in [3.63, 3.8) is 0 Å². The van der Waals surface area contributed by atoms with Crippen LogP contribution in [0.25, 0.3) is 0 Å². The van der Waals surface area contributed by atoms with Crippen LogP contribution in [0.5, 0.6) is 0 Å². The molecule has 0 amide bonds. The van der Waals surface area contributed by atoms with Crippen molar-refractivity contribution < 1.29 is 4.39 Å². The third kappa shape index (κ3) is 2.68. The van der Waals surface area contributed by atoms with Crippen LogP contribution in [0.15, 0.2) is 27.7 Å². The maximum atomic E-state index is 12.7. The maximum absolute atomic E-state index is 12.7. The summed E-state index contributed by atoms with van der Waals surface area (Å²) in [5.74, 6) is 5.27. The van der Waals surface area contributed by atoms with E-state index in [9.17, 15) is 4.39 Å². The van der Waals surface area contributed by atoms with E-state index < -0.39 is 0 Å². The lowest BCUT2D eigenvalue weighted by Crippen LogP contribution is -2.36. The van der Waals surface area contributed by atoms with E-state index in [1.807, 2.05) is 0 Å². The summed E-state index contributed by atoms with van der Waals surface area (Å²) in [5.41, 5.74) is 3.05. The normalized spacial score (nSPS) is 11.3. The smallest absolute Gasteiger partial charge is 0.210 e. The lowest BCUT2D eigenvalue weighted by molar-refractivity contribution is 0.627. The quantitative estimate of drug-likeness (QED) is 0.310. The minimum absolute atomic E-state index is 0.307. The molecule has 4 N–H and O–H groups in total. The zero-order chi connectivity index (χ0) is 10.6. The molecule has 0 heterocycles. The second kappa shape index (κ2) is 4.92. The SMILES string of the molecule is CN=C(NN)Nc1ccc(F)cc1Br. The fraction of sp³-hybridized carbons (Fsp3) is 0.125. The summed E-state index contributed by atoms with van der Waals surface area (Å²) in [6.07, 6.45) is 0. The van der Waals surface area contributed by atoms with E-state index in [2.05, 4.69) is 31.7 Å². The molecule has 0 aliphatic rings. The summed E-state index contributed by atoms with van der Waals surface area (Å²) in [5, 5.41) is 2.87. The highest BCUT2D eigenvalue weighted by molar-refractivity contribution is 9.10. The average molecular weight is 261 g/mol. The van der Waals surface area contributed by atoms with Gasteiger partial charge in [0, 0.05) is 11.5 Å². The zero-order valence-electron chi connectivity index (χ0n) is 7.51. The topological polar surface area (TPSA) is 62.4 Å². The summed E-state index contributed by atoms with van der Waals surface area (Å²) in [4.78, 5) is 3.82. The Morgan fingerprint density at radius 3 is 2.79 bits per heavy atom. The fourth-order valence-corrected chi connectivity index (χ4v) is 1.32. The van der Waals surface area contributed by atoms with Crippen LogP contribution in [0.1, 0.15) is 0 Å². The van der Waals surface area contributed by atoms with Crippen LogP contribution in [-0.4, -0.2) is 13.0 Å². The van der Waals surface area contributed by atoms with E-state index in [4.69, 9.17) is 5.84 Å². The van der Waals surface area contributed by atoms with Crippen molar-refractivity contribution in [1.29, 1.82) is 0 Å². The Morgan fingerprint density at radius 2 is 2.29 bits per heavy atom. The Morgan fingerprint density at radius 1 is 1.57 bits per heavy atom. The second-order valence-corrected chi connectivity index (χ2v) is 3.32. The van der Waals surface area contributed by atoms with Gasteiger partial charge in [-0.05, 0) is 34.1 Å². The highest BCUT2D eigenvalue weighted by atomic mass is 79.9. The van der Waals surface area contributed by atoms with Crippen molar-refractivity contribution in [1.82, 2.24) is 5.43 Å². The molecule has 1 aromatic carbocycles. The molecule has 1 aromatic rings. The molecule has 0 bridgehead atoms. The van der Waals surface area contributed by atoms with Crippen molar-refractivity contribution in [3.05, 3.63) is 28.5 Å². The molecule has 76 valence electrons. The van der Waals surface area contributed by atoms with E-state index in [1.54, 1.807) is 13.1 Å². The molecule has 0 aliphatic heterocycles. The van der Waals surface area contributed by atoms with Gasteiger partial charge in [0.1, 0.15) is 5.82 Å². The van der Waals surface area contributed by atoms with Crippen LogP contribution >= 0.6 is 15.9 Å². The van der Waals surface area contributed by atoms with Crippen LogP contribution in [0, 0.1) is 5.82 Å². The lowest BCUT2D eigenvalue weighted by atomic mass is 10.3. The van der Waals surface area contributed by atoms with Crippen molar-refractivity contribution >= 4 is 27.6 Å². The molecule has 0 aromatic heterocycles. The predicted octanol–water partition coefficient (Wildman–Crippen LogP) is 1.45. The molecule has 0 aliphatic carbocycles. The Labute approximate surface area is 89.5 Å². The zero-order valence-corrected chi connectivity index (χ0v) is 9.10. The number of hydrazine groups is 1. The summed E-state index contributed by atoms with van der Waals surface area (Å²) in [6, 6.07) is 4.28. The van der Waals surface area contributed by atoms with E-state index in [0.717, 1.165) is 0 Å². The van der Waals surface area contributed by atoms with Crippen molar-refractivity contribution in [3.8, 4) is 0 Å². The molecule has 0 radical (unpaired) electrons. The molecule has 4 nitrogen and oxygen atoms in total. The summed E-state index contributed by atoms with van der Waals surface area (Å²) >= 11 is 3.21. The third-order valence-corrected chi connectivity index (χ3v) is 2.20. The minimum atomic E-state index is -0.307. The number of nitrogens with zero attached hydrogens (tertiary/aromatic N) is 1. The number of nitrogens with one attached hydrogen (secondary N) is 2. The van der Waals surface area contributed by atoms with E-state index >= 15 is 0 Å². The number of aliphatic imine (C=N–C) groups is 1. The number of anilines is 1. The summed E-state index contributed by atoms with van der Waals surface area (Å²) in [7, 11) is 1.58. The first-order valence-electron chi connectivity index (χ1n) is 3.83. The number of halogens is 2. The van der Waals surface area contributed by atoms with Crippen LogP contribution in [-0.2, 0) is 0 Å². The highest BCUT2D eigenvalue weighted by Crippen LogP contribution is 2.22. The molecule has 14 heavy (non-hydrogen) atoms. The minimum Gasteiger partial charge on any atom is -0.324 e. The van der Waals surface area contributed by atoms with Gasteiger partial charge in [0.25, 0.3) is 0 Å². The maximum Gasteiger partial charge on any atom is 0.210 e. The number of rotatable bonds is 1. The van der Waals surface area contributed by atoms with Crippen LogP contribution in [0.3, 0.4) is 0 Å². The number of nitrogens with two attached hydrogens (primary N) is 1. The van der Waals surface area contributed by atoms with Gasteiger partial charge in [0.15, 0.2) is 0 Å². The molecule has 1 rings (SSSR count). The van der Waals surface area contributed by atoms with Gasteiger partial charge in [-0.25, -0.2) is 10.2 Å². The molecule has 0 spiro atoms. The van der Waals surface area contributed by atoms with Gasteiger partial charge in [0.2, 0.25) is 5.96 Å². The number of hydrogen-bond acceptors (Lipinski definition) is 2. The van der Waals surface area contributed by atoms with Crippen molar-refractivity contribution in [2.45, 2.75) is 0 Å². The van der Waals surface area contributed by atoms with Gasteiger partial charge in [-0.1, -0.05) is 0 Å². The molecular formula is C8H10BrFN4. The predicted molar refractivity (Wildman–Crippen MR) is 58.4 cm³/mol. The number of guanidine groups is 1. The van der Waals surface area contributed by atoms with E-state index in [1.165, 1.54) is 12.1 Å². The van der Waals surface area contributed by atoms with Gasteiger partial charge < -0.3 is 5.32 Å². The molecule has 0 unspecified atom stereocenters. The van der Waals surface area contributed by atoms with Gasteiger partial charge in [0.05, 0.1) is 5.69 Å². The Kier molecular flexibility index (Phi) is 3.84. The van der Waals surface area contributed by atoms with Gasteiger partial charge in [-0.15, -0.1) is 0 Å². The van der Waals surface area contributed by atoms with E-state index in [-0.39, 0.29) is 5.82 Å². The highest BCUT2D eigenvalue weighted by Gasteiger charge is 2.02. The summed E-state index contributed by atoms with van der Waals surface area (Å²) < 4.78 is 13.3. The van der Waals surface area contributed by atoms with Crippen molar-refractivity contribution in [2.75, 3.05) is 12.4 Å². The standard InChI is InChI=1S/C8H10BrFN4/c1-12-8(14-11)13-7-3-2-5(10)4-6(7)9/h2-4H,11H2,1H3,(H2,12,13,14). The Hall–Kier alpha value is -1.14. The number of hydrogen-bond donors (Lipinski definition) is 3. The largest absolute Gasteiger partial charge is 0.324 e.